The van der Waals surface area contributed by atoms with Gasteiger partial charge in [-0.25, -0.2) is 4.98 Å². The number of benzene rings is 9. The Morgan fingerprint density at radius 3 is 1.61 bits per heavy atom. The van der Waals surface area contributed by atoms with Gasteiger partial charge in [0.15, 0.2) is 0 Å². The van der Waals surface area contributed by atoms with Crippen LogP contribution in [0.4, 0.5) is 22.7 Å². The molecule has 3 heterocycles. The van der Waals surface area contributed by atoms with Gasteiger partial charge in [0.2, 0.25) is 5.95 Å². The van der Waals surface area contributed by atoms with Crippen molar-refractivity contribution in [1.82, 2.24) is 14.1 Å². The second-order valence-electron chi connectivity index (χ2n) is 27.4. The summed E-state index contributed by atoms with van der Waals surface area (Å²) in [6.07, 6.45) is 0. The van der Waals surface area contributed by atoms with E-state index >= 15 is 0 Å². The van der Waals surface area contributed by atoms with E-state index in [2.05, 4.69) is 242 Å². The van der Waals surface area contributed by atoms with E-state index in [0.29, 0.717) is 27.9 Å². The summed E-state index contributed by atoms with van der Waals surface area (Å²) in [4.78, 5) is 9.52. The Morgan fingerprint density at radius 1 is 0.488 bits per heavy atom. The normalized spacial score (nSPS) is 14.6. The van der Waals surface area contributed by atoms with Crippen LogP contribution >= 0.6 is 0 Å². The molecule has 0 saturated heterocycles. The van der Waals surface area contributed by atoms with E-state index in [-0.39, 0.29) is 88.3 Å². The molecule has 0 fully saturated rings. The molecule has 9 aromatic carbocycles. The number of aromatic nitrogens is 3. The Morgan fingerprint density at radius 2 is 1.04 bits per heavy atom. The van der Waals surface area contributed by atoms with Crippen LogP contribution in [0.1, 0.15) is 141 Å². The fourth-order valence-electron chi connectivity index (χ4n) is 12.6. The Kier molecular flexibility index (Phi) is 12.5. The van der Waals surface area contributed by atoms with E-state index in [4.69, 9.17) is 16.6 Å². The molecular weight excluding hydrogens is 1210 g/mol. The summed E-state index contributed by atoms with van der Waals surface area (Å²) >= 11 is 0. The third-order valence-electron chi connectivity index (χ3n) is 16.0. The fourth-order valence-corrected chi connectivity index (χ4v) is 12.6. The van der Waals surface area contributed by atoms with E-state index in [1.807, 2.05) is 6.07 Å². The molecule has 7 heteroatoms. The third-order valence-corrected chi connectivity index (χ3v) is 16.0. The zero-order valence-corrected chi connectivity index (χ0v) is 53.2. The van der Waals surface area contributed by atoms with Crippen molar-refractivity contribution in [2.24, 2.45) is 6.98 Å². The molecule has 0 spiro atoms. The first-order valence-corrected chi connectivity index (χ1v) is 28.9. The molecule has 0 bridgehead atoms. The van der Waals surface area contributed by atoms with Crippen LogP contribution in [0.25, 0.3) is 72.2 Å². The van der Waals surface area contributed by atoms with Crippen LogP contribution in [0.2, 0.25) is 0 Å². The van der Waals surface area contributed by atoms with Gasteiger partial charge in [-0.2, -0.15) is 6.07 Å². The Balaban J connectivity index is 0.00000850. The second kappa shape index (κ2) is 21.1. The van der Waals surface area contributed by atoms with Crippen molar-refractivity contribution >= 4 is 55.6 Å². The number of rotatable bonds is 8. The predicted octanol–water partition coefficient (Wildman–Crippen LogP) is 21.0. The first-order chi connectivity index (χ1) is 42.2. The number of para-hydroxylation sites is 5. The number of hydrogen-bond donors (Lipinski definition) is 0. The van der Waals surface area contributed by atoms with Gasteiger partial charge in [0.1, 0.15) is 0 Å². The molecule has 12 rings (SSSR count). The molecule has 1 aliphatic rings. The summed E-state index contributed by atoms with van der Waals surface area (Å²) in [5.74, 6) is 0.533. The van der Waals surface area contributed by atoms with Crippen molar-refractivity contribution in [2.75, 3.05) is 9.80 Å². The van der Waals surface area contributed by atoms with Crippen molar-refractivity contribution in [3.63, 3.8) is 0 Å². The number of ether oxygens (including phenoxy) is 1. The first-order valence-electron chi connectivity index (χ1n) is 32.4. The summed E-state index contributed by atoms with van der Waals surface area (Å²) in [6, 6.07) is 57.3. The van der Waals surface area contributed by atoms with Crippen molar-refractivity contribution < 1.29 is 35.4 Å². The Bertz CT molecular complexity index is 4560. The smallest absolute Gasteiger partial charge is 0.213 e. The predicted molar refractivity (Wildman–Crippen MR) is 351 cm³/mol. The van der Waals surface area contributed by atoms with Gasteiger partial charge in [0, 0.05) is 77.4 Å². The minimum atomic E-state index is -2.75. The van der Waals surface area contributed by atoms with Crippen LogP contribution in [-0.2, 0) is 55.1 Å². The van der Waals surface area contributed by atoms with Crippen LogP contribution < -0.4 is 14.5 Å². The monoisotopic (exact) mass is 1290 g/mol. The van der Waals surface area contributed by atoms with E-state index in [1.54, 1.807) is 36.4 Å². The average molecular weight is 1290 g/mol. The molecule has 0 radical (unpaired) electrons. The molecule has 84 heavy (non-hydrogen) atoms. The number of fused-ring (bicyclic) bond motifs is 5. The summed E-state index contributed by atoms with van der Waals surface area (Å²) in [7, 11) is 0. The fraction of sp³-hybridized carbons (Fsp3) is 0.273. The van der Waals surface area contributed by atoms with E-state index in [0.717, 1.165) is 66.1 Å². The van der Waals surface area contributed by atoms with Crippen molar-refractivity contribution in [3.8, 4) is 50.8 Å². The number of aryl methyl sites for hydroxylation is 1. The van der Waals surface area contributed by atoms with Crippen molar-refractivity contribution in [2.45, 2.75) is 131 Å². The maximum Gasteiger partial charge on any atom is 0.213 e. The zero-order valence-electron chi connectivity index (χ0n) is 58.0. The van der Waals surface area contributed by atoms with Crippen LogP contribution in [0.15, 0.2) is 176 Å². The molecule has 0 atom stereocenters. The van der Waals surface area contributed by atoms with E-state index in [1.165, 1.54) is 21.3 Å². The number of hydrogen-bond acceptors (Lipinski definition) is 4. The number of anilines is 4. The Hall–Kier alpha value is -7.66. The van der Waals surface area contributed by atoms with Crippen LogP contribution in [-0.4, -0.2) is 14.1 Å². The molecule has 0 amide bonds. The van der Waals surface area contributed by atoms with Gasteiger partial charge < -0.3 is 23.7 Å². The maximum atomic E-state index is 9.37. The van der Waals surface area contributed by atoms with Gasteiger partial charge in [0.05, 0.1) is 16.5 Å². The second-order valence-corrected chi connectivity index (χ2v) is 27.4. The quantitative estimate of drug-likeness (QED) is 0.142. The maximum absolute atomic E-state index is 9.37. The van der Waals surface area contributed by atoms with Gasteiger partial charge in [-0.05, 0) is 107 Å². The van der Waals surface area contributed by atoms with Gasteiger partial charge in [-0.15, -0.1) is 53.6 Å². The third kappa shape index (κ3) is 10.2. The minimum Gasteiger partial charge on any atom is -0.509 e. The van der Waals surface area contributed by atoms with E-state index in [9.17, 15) is 2.74 Å². The molecule has 0 aliphatic carbocycles. The molecule has 6 nitrogen and oxygen atoms in total. The zero-order chi connectivity index (χ0) is 64.7. The topological polar surface area (TPSA) is 38.5 Å². The number of imidazole rings is 1. The molecular formula is C77H78N5OPt-3. The average Bonchev–Trinajstić information content (AvgIpc) is 1.71. The van der Waals surface area contributed by atoms with Gasteiger partial charge in [-0.1, -0.05) is 231 Å². The van der Waals surface area contributed by atoms with E-state index < -0.39 is 19.1 Å². The molecule has 2 aromatic heterocycles. The molecule has 11 aromatic rings. The summed E-state index contributed by atoms with van der Waals surface area (Å²) in [6.45, 7) is 34.1. The van der Waals surface area contributed by atoms with Gasteiger partial charge in [-0.3, -0.25) is 0 Å². The van der Waals surface area contributed by atoms with Crippen molar-refractivity contribution in [3.05, 3.63) is 222 Å². The first kappa shape index (κ1) is 49.7. The number of nitrogens with zero attached hydrogens (tertiary/aromatic N) is 5. The summed E-state index contributed by atoms with van der Waals surface area (Å²) < 4.78 is 72.6. The van der Waals surface area contributed by atoms with Crippen molar-refractivity contribution in [1.29, 1.82) is 0 Å². The standard InChI is InChI=1S/C77H78N5O.Pt/c1-73(2,3)57-35-29-36-58(74(4,5)6)65(57)51-44-52(46-54(45-51)83-53-42-43-56-55-34-23-25-38-60(55)82(64(56)47-53)72-78-59-37-24-26-39-61(59)79(72)16)80-48-81(63-41-28-27-40-62(63)80)71-66(49-30-19-17-20-31-49)68(75(7,8)9)70(77(13,14)15)69(76(10,11)12)67(71)50-32-21-18-22-33-50;/h17-45,48H,1-16H3;/q-3;/i16D3,23D,25D,34D,38D;. The summed E-state index contributed by atoms with van der Waals surface area (Å²) in [5, 5.41) is 0.608. The molecule has 0 unspecified atom stereocenters. The SMILES string of the molecule is [2H]c1c([2H])c([2H])c2c(c1[2H])c1ccc(Oc3[c-]c(N4[CH-]N(c5c(-c6ccccc6)c(C(C)(C)C)c(C(C)(C)C)c(C(C)(C)C)c5-c5ccccc5)c5ccccc54)cc(-c4c(C(C)(C)C)cccc4C(C)(C)C)c3)[c-]c1n2-c1nc2ccccc2n1C([2H])([2H])[2H].[Pt]. The largest absolute Gasteiger partial charge is 0.509 e. The molecule has 0 saturated carbocycles. The van der Waals surface area contributed by atoms with Crippen LogP contribution in [0.3, 0.4) is 0 Å². The molecule has 0 N–H and O–H groups in total. The molecule has 1 aliphatic heterocycles. The molecule has 430 valence electrons. The van der Waals surface area contributed by atoms with Gasteiger partial charge in [0.25, 0.3) is 0 Å². The Labute approximate surface area is 523 Å². The minimum absolute atomic E-state index is 0. The van der Waals surface area contributed by atoms with Gasteiger partial charge >= 0.3 is 0 Å². The van der Waals surface area contributed by atoms with Crippen LogP contribution in [0.5, 0.6) is 11.5 Å². The van der Waals surface area contributed by atoms with Crippen LogP contribution in [0, 0.1) is 18.8 Å². The summed E-state index contributed by atoms with van der Waals surface area (Å²) in [5.41, 5.74) is 16.0.